The highest BCUT2D eigenvalue weighted by atomic mass is 32.2. The third-order valence-corrected chi connectivity index (χ3v) is 5.28. The fraction of sp³-hybridized carbons (Fsp3) is 0.545. The van der Waals surface area contributed by atoms with Crippen LogP contribution >= 0.6 is 11.3 Å². The van der Waals surface area contributed by atoms with Crippen LogP contribution in [-0.4, -0.2) is 54.5 Å². The minimum absolute atomic E-state index is 0.124. The number of carboxylic acid groups (broad SMARTS) is 1. The van der Waals surface area contributed by atoms with Crippen LogP contribution in [0.5, 0.6) is 0 Å². The van der Waals surface area contributed by atoms with Gasteiger partial charge in [0.25, 0.3) is 0 Å². The van der Waals surface area contributed by atoms with Crippen LogP contribution < -0.4 is 5.32 Å². The smallest absolute Gasteiger partial charge is 0.347 e. The molecule has 8 nitrogen and oxygen atoms in total. The second kappa shape index (κ2) is 6.50. The maximum Gasteiger partial charge on any atom is 0.347 e. The fourth-order valence-electron chi connectivity index (χ4n) is 1.47. The number of rotatable bonds is 6. The molecule has 0 aliphatic carbocycles. The Balaban J connectivity index is 2.73. The van der Waals surface area contributed by atoms with E-state index < -0.39 is 27.9 Å². The van der Waals surface area contributed by atoms with Gasteiger partial charge in [-0.15, -0.1) is 11.3 Å². The molecule has 1 unspecified atom stereocenters. The lowest BCUT2D eigenvalue weighted by molar-refractivity contribution is -0.121. The molecule has 10 heteroatoms. The van der Waals surface area contributed by atoms with Crippen molar-refractivity contribution in [3.8, 4) is 0 Å². The van der Waals surface area contributed by atoms with Gasteiger partial charge in [-0.3, -0.25) is 4.79 Å². The zero-order valence-electron chi connectivity index (χ0n) is 12.1. The Morgan fingerprint density at radius 2 is 2.05 bits per heavy atom. The van der Waals surface area contributed by atoms with Crippen molar-refractivity contribution in [1.29, 1.82) is 0 Å². The number of carbonyl (C=O) groups excluding carboxylic acids is 1. The van der Waals surface area contributed by atoms with Gasteiger partial charge in [0, 0.05) is 7.05 Å². The molecule has 118 valence electrons. The van der Waals surface area contributed by atoms with Crippen molar-refractivity contribution in [2.24, 2.45) is 0 Å². The largest absolute Gasteiger partial charge is 0.477 e. The van der Waals surface area contributed by atoms with Gasteiger partial charge in [-0.05, 0) is 13.8 Å². The number of aryl methyl sites for hydroxylation is 1. The molecule has 0 radical (unpaired) electrons. The molecule has 1 aromatic heterocycles. The summed E-state index contributed by atoms with van der Waals surface area (Å²) >= 11 is 0.985. The second-order valence-corrected chi connectivity index (χ2v) is 7.70. The SMILES string of the molecule is Cc1nc(C(C)NC(=O)CN(C)S(C)(=O)=O)sc1C(=O)O. The normalized spacial score (nSPS) is 13.2. The number of thiazole rings is 1. The number of carbonyl (C=O) groups is 2. The van der Waals surface area contributed by atoms with E-state index in [1.165, 1.54) is 7.05 Å². The van der Waals surface area contributed by atoms with Crippen molar-refractivity contribution in [1.82, 2.24) is 14.6 Å². The first-order valence-corrected chi connectivity index (χ1v) is 8.60. The minimum Gasteiger partial charge on any atom is -0.477 e. The Morgan fingerprint density at radius 3 is 2.48 bits per heavy atom. The average molecular weight is 335 g/mol. The van der Waals surface area contributed by atoms with Crippen LogP contribution in [0.1, 0.15) is 33.3 Å². The van der Waals surface area contributed by atoms with E-state index in [-0.39, 0.29) is 11.4 Å². The van der Waals surface area contributed by atoms with E-state index in [2.05, 4.69) is 10.3 Å². The number of hydrogen-bond acceptors (Lipinski definition) is 6. The molecule has 1 aromatic rings. The van der Waals surface area contributed by atoms with Gasteiger partial charge in [-0.1, -0.05) is 0 Å². The predicted molar refractivity (Wildman–Crippen MR) is 77.8 cm³/mol. The molecule has 0 aliphatic heterocycles. The Bertz CT molecular complexity index is 653. The average Bonchev–Trinajstić information content (AvgIpc) is 2.69. The number of aromatic carboxylic acids is 1. The van der Waals surface area contributed by atoms with Crippen molar-refractivity contribution in [2.75, 3.05) is 19.8 Å². The molecule has 2 N–H and O–H groups in total. The number of aromatic nitrogens is 1. The number of likely N-dealkylation sites (N-methyl/N-ethyl adjacent to an activating group) is 1. The van der Waals surface area contributed by atoms with Crippen LogP contribution in [0.15, 0.2) is 0 Å². The van der Waals surface area contributed by atoms with Gasteiger partial charge in [0.2, 0.25) is 15.9 Å². The van der Waals surface area contributed by atoms with Crippen LogP contribution in [0.2, 0.25) is 0 Å². The number of amides is 1. The first-order valence-electron chi connectivity index (χ1n) is 5.93. The third kappa shape index (κ3) is 4.76. The van der Waals surface area contributed by atoms with Crippen LogP contribution in [0.25, 0.3) is 0 Å². The van der Waals surface area contributed by atoms with Gasteiger partial charge in [-0.2, -0.15) is 4.31 Å². The molecule has 0 saturated heterocycles. The summed E-state index contributed by atoms with van der Waals surface area (Å²) in [4.78, 5) is 26.9. The van der Waals surface area contributed by atoms with Crippen molar-refractivity contribution in [2.45, 2.75) is 19.9 Å². The minimum atomic E-state index is -3.43. The molecule has 0 fully saturated rings. The Morgan fingerprint density at radius 1 is 1.48 bits per heavy atom. The van der Waals surface area contributed by atoms with Crippen molar-refractivity contribution in [3.63, 3.8) is 0 Å². The zero-order chi connectivity index (χ0) is 16.4. The third-order valence-electron chi connectivity index (χ3n) is 2.69. The van der Waals surface area contributed by atoms with Gasteiger partial charge in [-0.25, -0.2) is 18.2 Å². The van der Waals surface area contributed by atoms with Crippen molar-refractivity contribution < 1.29 is 23.1 Å². The van der Waals surface area contributed by atoms with Gasteiger partial charge < -0.3 is 10.4 Å². The van der Waals surface area contributed by atoms with Crippen LogP contribution in [0.4, 0.5) is 0 Å². The molecule has 21 heavy (non-hydrogen) atoms. The van der Waals surface area contributed by atoms with E-state index in [9.17, 15) is 18.0 Å². The van der Waals surface area contributed by atoms with Crippen molar-refractivity contribution in [3.05, 3.63) is 15.6 Å². The van der Waals surface area contributed by atoms with E-state index in [1.54, 1.807) is 13.8 Å². The summed E-state index contributed by atoms with van der Waals surface area (Å²) in [7, 11) is -2.13. The van der Waals surface area contributed by atoms with E-state index in [1.807, 2.05) is 0 Å². The van der Waals surface area contributed by atoms with Gasteiger partial charge in [0.15, 0.2) is 0 Å². The summed E-state index contributed by atoms with van der Waals surface area (Å²) < 4.78 is 23.4. The molecule has 1 atom stereocenters. The molecule has 0 bridgehead atoms. The molecular weight excluding hydrogens is 318 g/mol. The first kappa shape index (κ1) is 17.5. The first-order chi connectivity index (χ1) is 9.52. The van der Waals surface area contributed by atoms with Crippen LogP contribution in [0.3, 0.4) is 0 Å². The summed E-state index contributed by atoms with van der Waals surface area (Å²) in [5, 5.41) is 12.0. The lowest BCUT2D eigenvalue weighted by Crippen LogP contribution is -2.38. The second-order valence-electron chi connectivity index (χ2n) is 4.58. The highest BCUT2D eigenvalue weighted by molar-refractivity contribution is 7.88. The fourth-order valence-corrected chi connectivity index (χ4v) is 2.73. The summed E-state index contributed by atoms with van der Waals surface area (Å²) in [6.07, 6.45) is 1.01. The Labute approximate surface area is 126 Å². The van der Waals surface area contributed by atoms with Crippen molar-refractivity contribution >= 4 is 33.2 Å². The predicted octanol–water partition coefficient (Wildman–Crippen LogP) is 0.218. The maximum absolute atomic E-state index is 11.8. The maximum atomic E-state index is 11.8. The van der Waals surface area contributed by atoms with E-state index in [4.69, 9.17) is 5.11 Å². The summed E-state index contributed by atoms with van der Waals surface area (Å²) in [5.74, 6) is -1.55. The molecule has 0 aromatic carbocycles. The molecule has 0 spiro atoms. The van der Waals surface area contributed by atoms with E-state index in [0.29, 0.717) is 10.7 Å². The summed E-state index contributed by atoms with van der Waals surface area (Å²) in [6.45, 7) is 2.93. The number of sulfonamides is 1. The van der Waals surface area contributed by atoms with Gasteiger partial charge >= 0.3 is 5.97 Å². The summed E-state index contributed by atoms with van der Waals surface area (Å²) in [6, 6.07) is -0.498. The quantitative estimate of drug-likeness (QED) is 0.768. The molecule has 1 amide bonds. The lowest BCUT2D eigenvalue weighted by Gasteiger charge is -2.16. The monoisotopic (exact) mass is 335 g/mol. The molecule has 0 aliphatic rings. The van der Waals surface area contributed by atoms with E-state index in [0.717, 1.165) is 21.9 Å². The molecule has 1 rings (SSSR count). The Hall–Kier alpha value is -1.52. The van der Waals surface area contributed by atoms with Crippen LogP contribution in [-0.2, 0) is 14.8 Å². The zero-order valence-corrected chi connectivity index (χ0v) is 13.7. The molecule has 1 heterocycles. The number of carboxylic acids is 1. The van der Waals surface area contributed by atoms with Gasteiger partial charge in [0.1, 0.15) is 9.88 Å². The Kier molecular flexibility index (Phi) is 5.42. The number of nitrogens with one attached hydrogen (secondary N) is 1. The molecular formula is C11H17N3O5S2. The molecule has 0 saturated carbocycles. The highest BCUT2D eigenvalue weighted by Crippen LogP contribution is 2.23. The number of nitrogens with zero attached hydrogens (tertiary/aromatic N) is 2. The topological polar surface area (TPSA) is 117 Å². The van der Waals surface area contributed by atoms with Gasteiger partial charge in [0.05, 0.1) is 24.5 Å². The van der Waals surface area contributed by atoms with Crippen LogP contribution in [0, 0.1) is 6.92 Å². The van der Waals surface area contributed by atoms with E-state index >= 15 is 0 Å². The lowest BCUT2D eigenvalue weighted by atomic mass is 10.3. The number of hydrogen-bond donors (Lipinski definition) is 2. The summed E-state index contributed by atoms with van der Waals surface area (Å²) in [5.41, 5.74) is 0.386. The standard InChI is InChI=1S/C11H17N3O5S2/c1-6-9(11(16)17)20-10(13-6)7(2)12-8(15)5-14(3)21(4,18)19/h7H,5H2,1-4H3,(H,12,15)(H,16,17). The highest BCUT2D eigenvalue weighted by Gasteiger charge is 2.21.